The van der Waals surface area contributed by atoms with Gasteiger partial charge >= 0.3 is 11.7 Å². The topological polar surface area (TPSA) is 199 Å². The van der Waals surface area contributed by atoms with Crippen LogP contribution < -0.4 is 4.74 Å². The predicted molar refractivity (Wildman–Crippen MR) is 88.8 cm³/mol. The maximum Gasteiger partial charge on any atom is 0.318 e. The molecule has 0 N–H and O–H groups in total. The molecule has 2 rings (SSSR count). The molecule has 2 aromatic rings. The number of benzene rings is 2. The molecular formula is C14H8N4O10. The number of non-ortho nitro benzene ring substituents is 2. The van der Waals surface area contributed by atoms with Crippen LogP contribution in [-0.2, 0) is 11.2 Å². The number of ether oxygens (including phenoxy) is 1. The van der Waals surface area contributed by atoms with Crippen LogP contribution in [0.4, 0.5) is 22.7 Å². The summed E-state index contributed by atoms with van der Waals surface area (Å²) in [5, 5.41) is 43.5. The van der Waals surface area contributed by atoms with E-state index < -0.39 is 60.6 Å². The van der Waals surface area contributed by atoms with Crippen LogP contribution in [0, 0.1) is 40.5 Å². The summed E-state index contributed by atoms with van der Waals surface area (Å²) in [7, 11) is 0. The molecular weight excluding hydrogens is 384 g/mol. The Labute approximate surface area is 153 Å². The Morgan fingerprint density at radius 3 is 1.75 bits per heavy atom. The molecule has 0 aliphatic heterocycles. The zero-order valence-corrected chi connectivity index (χ0v) is 13.5. The van der Waals surface area contributed by atoms with E-state index in [2.05, 4.69) is 0 Å². The lowest BCUT2D eigenvalue weighted by atomic mass is 10.1. The lowest BCUT2D eigenvalue weighted by molar-refractivity contribution is -0.394. The Hall–Kier alpha value is -4.49. The Morgan fingerprint density at radius 1 is 0.750 bits per heavy atom. The Kier molecular flexibility index (Phi) is 5.53. The second kappa shape index (κ2) is 7.81. The number of nitrogens with zero attached hydrogens (tertiary/aromatic N) is 4. The summed E-state index contributed by atoms with van der Waals surface area (Å²) in [6.45, 7) is 0. The van der Waals surface area contributed by atoms with Gasteiger partial charge in [0.1, 0.15) is 0 Å². The highest BCUT2D eigenvalue weighted by Crippen LogP contribution is 2.32. The van der Waals surface area contributed by atoms with Crippen molar-refractivity contribution in [2.75, 3.05) is 0 Å². The zero-order chi connectivity index (χ0) is 21.0. The Morgan fingerprint density at radius 2 is 1.25 bits per heavy atom. The van der Waals surface area contributed by atoms with Crippen molar-refractivity contribution in [3.05, 3.63) is 82.4 Å². The summed E-state index contributed by atoms with van der Waals surface area (Å²) in [5.74, 6) is -1.74. The van der Waals surface area contributed by atoms with Gasteiger partial charge in [-0.3, -0.25) is 45.3 Å². The zero-order valence-electron chi connectivity index (χ0n) is 13.5. The average molecular weight is 392 g/mol. The number of rotatable bonds is 7. The Balaban J connectivity index is 2.30. The standard InChI is InChI=1S/C14H8N4O10/c19-14(5-8-1-2-9(15(20)21)6-11(8)17(24)25)28-13-4-3-10(16(22)23)7-12(13)18(26)27/h1-4,6-7H,5H2. The molecule has 0 unspecified atom stereocenters. The molecule has 14 nitrogen and oxygen atoms in total. The molecule has 2 aromatic carbocycles. The van der Waals surface area contributed by atoms with Gasteiger partial charge in [-0.1, -0.05) is 0 Å². The molecule has 0 aliphatic carbocycles. The highest BCUT2D eigenvalue weighted by Gasteiger charge is 2.25. The van der Waals surface area contributed by atoms with E-state index in [0.717, 1.165) is 24.3 Å². The fraction of sp³-hybridized carbons (Fsp3) is 0.0714. The number of hydrogen-bond donors (Lipinski definition) is 0. The molecule has 0 heterocycles. The van der Waals surface area contributed by atoms with Crippen molar-refractivity contribution in [2.24, 2.45) is 0 Å². The van der Waals surface area contributed by atoms with Crippen molar-refractivity contribution >= 4 is 28.7 Å². The maximum absolute atomic E-state index is 12.0. The van der Waals surface area contributed by atoms with Gasteiger partial charge in [0, 0.05) is 17.7 Å². The summed E-state index contributed by atoms with van der Waals surface area (Å²) in [4.78, 5) is 51.9. The third-order valence-corrected chi connectivity index (χ3v) is 3.39. The minimum Gasteiger partial charge on any atom is -0.419 e. The fourth-order valence-electron chi connectivity index (χ4n) is 2.15. The molecule has 0 atom stereocenters. The lowest BCUT2D eigenvalue weighted by Crippen LogP contribution is -2.13. The van der Waals surface area contributed by atoms with Crippen LogP contribution in [0.2, 0.25) is 0 Å². The van der Waals surface area contributed by atoms with Gasteiger partial charge in [0.15, 0.2) is 0 Å². The third kappa shape index (κ3) is 4.37. The first-order chi connectivity index (χ1) is 13.1. The van der Waals surface area contributed by atoms with E-state index in [9.17, 15) is 45.3 Å². The quantitative estimate of drug-likeness (QED) is 0.291. The van der Waals surface area contributed by atoms with Crippen LogP contribution in [-0.4, -0.2) is 25.7 Å². The first-order valence-corrected chi connectivity index (χ1v) is 7.15. The maximum atomic E-state index is 12.0. The number of carbonyl (C=O) groups is 1. The minimum absolute atomic E-state index is 0.217. The van der Waals surface area contributed by atoms with E-state index in [-0.39, 0.29) is 5.56 Å². The van der Waals surface area contributed by atoms with E-state index in [1.807, 2.05) is 0 Å². The van der Waals surface area contributed by atoms with Crippen LogP contribution in [0.15, 0.2) is 36.4 Å². The van der Waals surface area contributed by atoms with Crippen molar-refractivity contribution < 1.29 is 29.2 Å². The monoisotopic (exact) mass is 392 g/mol. The SMILES string of the molecule is O=C(Cc1ccc([N+](=O)[O-])cc1[N+](=O)[O-])Oc1ccc([N+](=O)[O-])cc1[N+](=O)[O-]. The first kappa shape index (κ1) is 19.8. The molecule has 0 saturated carbocycles. The lowest BCUT2D eigenvalue weighted by Gasteiger charge is -2.06. The van der Waals surface area contributed by atoms with Gasteiger partial charge in [0.25, 0.3) is 17.1 Å². The summed E-state index contributed by atoms with van der Waals surface area (Å²) in [6.07, 6.45) is -0.720. The second-order valence-corrected chi connectivity index (χ2v) is 5.14. The van der Waals surface area contributed by atoms with Gasteiger partial charge in [-0.15, -0.1) is 0 Å². The van der Waals surface area contributed by atoms with Gasteiger partial charge < -0.3 is 4.74 Å². The molecule has 0 amide bonds. The van der Waals surface area contributed by atoms with Crippen molar-refractivity contribution in [3.63, 3.8) is 0 Å². The van der Waals surface area contributed by atoms with Crippen molar-refractivity contribution in [2.45, 2.75) is 6.42 Å². The van der Waals surface area contributed by atoms with Crippen LogP contribution in [0.5, 0.6) is 5.75 Å². The molecule has 0 aromatic heterocycles. The summed E-state index contributed by atoms with van der Waals surface area (Å²) in [6, 6.07) is 4.92. The van der Waals surface area contributed by atoms with E-state index in [1.54, 1.807) is 0 Å². The first-order valence-electron chi connectivity index (χ1n) is 7.15. The van der Waals surface area contributed by atoms with Crippen molar-refractivity contribution in [1.82, 2.24) is 0 Å². The normalized spacial score (nSPS) is 10.1. The number of carbonyl (C=O) groups excluding carboxylic acids is 1. The molecule has 14 heteroatoms. The molecule has 0 radical (unpaired) electrons. The number of nitro groups is 4. The van der Waals surface area contributed by atoms with Crippen LogP contribution in [0.25, 0.3) is 0 Å². The van der Waals surface area contributed by atoms with Crippen LogP contribution in [0.1, 0.15) is 5.56 Å². The fourth-order valence-corrected chi connectivity index (χ4v) is 2.15. The van der Waals surface area contributed by atoms with Gasteiger partial charge in [-0.05, 0) is 12.1 Å². The van der Waals surface area contributed by atoms with E-state index in [4.69, 9.17) is 4.74 Å². The predicted octanol–water partition coefficient (Wildman–Crippen LogP) is 2.47. The molecule has 0 bridgehead atoms. The molecule has 28 heavy (non-hydrogen) atoms. The van der Waals surface area contributed by atoms with Crippen molar-refractivity contribution in [3.8, 4) is 5.75 Å². The van der Waals surface area contributed by atoms with Gasteiger partial charge in [0.05, 0.1) is 38.2 Å². The van der Waals surface area contributed by atoms with Gasteiger partial charge in [-0.25, -0.2) is 0 Å². The molecule has 0 spiro atoms. The summed E-state index contributed by atoms with van der Waals surface area (Å²) >= 11 is 0. The van der Waals surface area contributed by atoms with E-state index in [1.165, 1.54) is 0 Å². The van der Waals surface area contributed by atoms with E-state index >= 15 is 0 Å². The van der Waals surface area contributed by atoms with Gasteiger partial charge in [-0.2, -0.15) is 0 Å². The minimum atomic E-state index is -1.14. The van der Waals surface area contributed by atoms with Gasteiger partial charge in [0.2, 0.25) is 5.75 Å². The molecule has 0 aliphatic rings. The molecule has 0 fully saturated rings. The number of hydrogen-bond acceptors (Lipinski definition) is 10. The smallest absolute Gasteiger partial charge is 0.318 e. The summed E-state index contributed by atoms with van der Waals surface area (Å²) in [5.41, 5.74) is -2.93. The Bertz CT molecular complexity index is 940. The number of esters is 1. The van der Waals surface area contributed by atoms with Crippen molar-refractivity contribution in [1.29, 1.82) is 0 Å². The van der Waals surface area contributed by atoms with E-state index in [0.29, 0.717) is 12.1 Å². The highest BCUT2D eigenvalue weighted by molar-refractivity contribution is 5.78. The highest BCUT2D eigenvalue weighted by atomic mass is 16.6. The largest absolute Gasteiger partial charge is 0.419 e. The number of nitro benzene ring substituents is 4. The van der Waals surface area contributed by atoms with Crippen LogP contribution in [0.3, 0.4) is 0 Å². The van der Waals surface area contributed by atoms with Crippen LogP contribution >= 0.6 is 0 Å². The third-order valence-electron chi connectivity index (χ3n) is 3.39. The second-order valence-electron chi connectivity index (χ2n) is 5.14. The average Bonchev–Trinajstić information content (AvgIpc) is 2.61. The summed E-state index contributed by atoms with van der Waals surface area (Å²) < 4.78 is 4.80. The molecule has 0 saturated heterocycles. The molecule has 144 valence electrons.